The number of sulfonamides is 1. The molecule has 0 aliphatic carbocycles. The lowest BCUT2D eigenvalue weighted by molar-refractivity contribution is 0.102. The molecule has 0 saturated heterocycles. The van der Waals surface area contributed by atoms with Gasteiger partial charge >= 0.3 is 0 Å². The largest absolute Gasteiger partial charge is 0.313 e. The first-order valence-electron chi connectivity index (χ1n) is 12.2. The highest BCUT2D eigenvalue weighted by Crippen LogP contribution is 2.45. The van der Waals surface area contributed by atoms with Crippen LogP contribution in [0, 0.1) is 0 Å². The van der Waals surface area contributed by atoms with Gasteiger partial charge in [-0.1, -0.05) is 23.7 Å². The summed E-state index contributed by atoms with van der Waals surface area (Å²) in [7, 11) is -1.68. The number of thiazole rings is 1. The third-order valence-corrected chi connectivity index (χ3v) is 10.3. The number of carbonyl (C=O) groups is 1. The molecule has 12 heteroatoms. The van der Waals surface area contributed by atoms with Crippen LogP contribution in [-0.4, -0.2) is 37.8 Å². The van der Waals surface area contributed by atoms with Crippen molar-refractivity contribution >= 4 is 83.5 Å². The fraction of sp³-hybridized carbons (Fsp3) is 0.143. The van der Waals surface area contributed by atoms with Crippen molar-refractivity contribution in [2.45, 2.75) is 17.9 Å². The molecule has 206 valence electrons. The molecular formula is C28H24Cl2N4O3S3. The summed E-state index contributed by atoms with van der Waals surface area (Å²) < 4.78 is 29.0. The van der Waals surface area contributed by atoms with E-state index in [1.165, 1.54) is 34.7 Å². The maximum Gasteiger partial charge on any atom is 0.261 e. The molecule has 0 unspecified atom stereocenters. The standard InChI is InChI=1S/C28H23ClN4O3S3.ClH/c1-33-15-14-21-24(16-33)38-28(25(21)27-30-22-4-2-3-5-23(22)37-27)31-26(34)17-6-10-19(11-7-17)32-39(35,36)20-12-8-18(29)9-13-20;/h2-13,32H,14-16H2,1H3,(H,31,34);1H. The number of hydrogen-bond donors (Lipinski definition) is 2. The molecule has 1 aliphatic rings. The van der Waals surface area contributed by atoms with Gasteiger partial charge in [0.15, 0.2) is 0 Å². The van der Waals surface area contributed by atoms with Crippen LogP contribution < -0.4 is 10.0 Å². The van der Waals surface area contributed by atoms with E-state index in [1.807, 2.05) is 18.2 Å². The Morgan fingerprint density at radius 2 is 1.73 bits per heavy atom. The summed E-state index contributed by atoms with van der Waals surface area (Å²) in [6.07, 6.45) is 0.895. The van der Waals surface area contributed by atoms with Crippen LogP contribution in [0.3, 0.4) is 0 Å². The molecule has 1 aliphatic heterocycles. The Kier molecular flexibility index (Phi) is 8.19. The van der Waals surface area contributed by atoms with Crippen molar-refractivity contribution in [1.29, 1.82) is 0 Å². The van der Waals surface area contributed by atoms with Crippen LogP contribution in [0.5, 0.6) is 0 Å². The third kappa shape index (κ3) is 5.74. The van der Waals surface area contributed by atoms with Gasteiger partial charge < -0.3 is 10.2 Å². The second kappa shape index (κ2) is 11.5. The number of benzene rings is 3. The van der Waals surface area contributed by atoms with E-state index < -0.39 is 10.0 Å². The Balaban J connectivity index is 0.00000323. The highest BCUT2D eigenvalue weighted by Gasteiger charge is 2.27. The topological polar surface area (TPSA) is 91.4 Å². The summed E-state index contributed by atoms with van der Waals surface area (Å²) in [5.74, 6) is -0.267. The number of halogens is 2. The van der Waals surface area contributed by atoms with Crippen molar-refractivity contribution in [3.63, 3.8) is 0 Å². The van der Waals surface area contributed by atoms with Gasteiger partial charge in [0.05, 0.1) is 15.1 Å². The Bertz CT molecular complexity index is 1770. The van der Waals surface area contributed by atoms with Crippen molar-refractivity contribution in [1.82, 2.24) is 9.88 Å². The SMILES string of the molecule is CN1CCc2c(sc(NC(=O)c3ccc(NS(=O)(=O)c4ccc(Cl)cc4)cc3)c2-c2nc3ccccc3s2)C1.Cl. The molecule has 5 aromatic rings. The zero-order valence-electron chi connectivity index (χ0n) is 21.2. The molecule has 0 fully saturated rings. The number of nitrogens with one attached hydrogen (secondary N) is 2. The fourth-order valence-electron chi connectivity index (χ4n) is 4.52. The van der Waals surface area contributed by atoms with Gasteiger partial charge in [-0.2, -0.15) is 0 Å². The van der Waals surface area contributed by atoms with Gasteiger partial charge in [-0.15, -0.1) is 35.1 Å². The lowest BCUT2D eigenvalue weighted by atomic mass is 10.0. The van der Waals surface area contributed by atoms with Crippen LogP contribution in [0.15, 0.2) is 77.7 Å². The molecule has 7 nitrogen and oxygen atoms in total. The van der Waals surface area contributed by atoms with Crippen LogP contribution in [0.1, 0.15) is 20.8 Å². The van der Waals surface area contributed by atoms with Gasteiger partial charge in [-0.3, -0.25) is 9.52 Å². The van der Waals surface area contributed by atoms with Crippen LogP contribution in [0.4, 0.5) is 10.7 Å². The lowest BCUT2D eigenvalue weighted by Gasteiger charge is -2.22. The Morgan fingerprint density at radius 1 is 1.00 bits per heavy atom. The number of rotatable bonds is 6. The molecule has 2 N–H and O–H groups in total. The first-order chi connectivity index (χ1) is 18.8. The number of anilines is 2. The van der Waals surface area contributed by atoms with Crippen molar-refractivity contribution in [2.75, 3.05) is 23.6 Å². The molecule has 6 rings (SSSR count). The van der Waals surface area contributed by atoms with E-state index in [0.29, 0.717) is 16.3 Å². The number of hydrogen-bond acceptors (Lipinski definition) is 7. The van der Waals surface area contributed by atoms with E-state index >= 15 is 0 Å². The zero-order chi connectivity index (χ0) is 27.1. The van der Waals surface area contributed by atoms with Gasteiger partial charge in [-0.05, 0) is 79.7 Å². The number of fused-ring (bicyclic) bond motifs is 2. The van der Waals surface area contributed by atoms with Crippen LogP contribution in [-0.2, 0) is 23.0 Å². The van der Waals surface area contributed by atoms with Crippen LogP contribution >= 0.6 is 46.7 Å². The number of aromatic nitrogens is 1. The molecule has 0 saturated carbocycles. The van der Waals surface area contributed by atoms with E-state index in [-0.39, 0.29) is 23.2 Å². The second-order valence-corrected chi connectivity index (χ2v) is 13.5. The Hall–Kier alpha value is -2.99. The molecule has 1 amide bonds. The maximum atomic E-state index is 13.3. The highest BCUT2D eigenvalue weighted by atomic mass is 35.5. The lowest BCUT2D eigenvalue weighted by Crippen LogP contribution is -2.25. The van der Waals surface area contributed by atoms with E-state index in [1.54, 1.807) is 46.9 Å². The van der Waals surface area contributed by atoms with Gasteiger partial charge in [0.25, 0.3) is 15.9 Å². The molecule has 3 aromatic carbocycles. The summed E-state index contributed by atoms with van der Waals surface area (Å²) in [6, 6.07) is 20.3. The van der Waals surface area contributed by atoms with Gasteiger partial charge in [-0.25, -0.2) is 13.4 Å². The summed E-state index contributed by atoms with van der Waals surface area (Å²) in [5, 5.41) is 5.26. The smallest absolute Gasteiger partial charge is 0.261 e. The normalized spacial score (nSPS) is 13.4. The van der Waals surface area contributed by atoms with E-state index in [2.05, 4.69) is 28.1 Å². The first-order valence-corrected chi connectivity index (χ1v) is 15.6. The fourth-order valence-corrected chi connectivity index (χ4v) is 8.14. The first kappa shape index (κ1) is 28.5. The second-order valence-electron chi connectivity index (χ2n) is 9.27. The summed E-state index contributed by atoms with van der Waals surface area (Å²) in [5.41, 5.74) is 3.97. The molecule has 0 radical (unpaired) electrons. The predicted molar refractivity (Wildman–Crippen MR) is 167 cm³/mol. The highest BCUT2D eigenvalue weighted by molar-refractivity contribution is 7.92. The number of likely N-dealkylation sites (N-methyl/N-ethyl adjacent to an activating group) is 1. The average molecular weight is 632 g/mol. The monoisotopic (exact) mass is 630 g/mol. The van der Waals surface area contributed by atoms with Crippen LogP contribution in [0.2, 0.25) is 5.02 Å². The summed E-state index contributed by atoms with van der Waals surface area (Å²) in [6.45, 7) is 1.78. The number of carbonyl (C=O) groups excluding carboxylic acids is 1. The molecule has 2 aromatic heterocycles. The zero-order valence-corrected chi connectivity index (χ0v) is 25.2. The summed E-state index contributed by atoms with van der Waals surface area (Å²) >= 11 is 9.09. The van der Waals surface area contributed by atoms with E-state index in [4.69, 9.17) is 16.6 Å². The Morgan fingerprint density at radius 3 is 2.45 bits per heavy atom. The quantitative estimate of drug-likeness (QED) is 0.208. The molecule has 0 atom stereocenters. The number of para-hydroxylation sites is 1. The minimum Gasteiger partial charge on any atom is -0.313 e. The molecular weight excluding hydrogens is 607 g/mol. The average Bonchev–Trinajstić information content (AvgIpc) is 3.49. The molecule has 3 heterocycles. The van der Waals surface area contributed by atoms with E-state index in [9.17, 15) is 13.2 Å². The summed E-state index contributed by atoms with van der Waals surface area (Å²) in [4.78, 5) is 21.8. The molecule has 0 spiro atoms. The Labute approximate surface area is 251 Å². The molecule has 40 heavy (non-hydrogen) atoms. The number of nitrogens with zero attached hydrogens (tertiary/aromatic N) is 2. The van der Waals surface area contributed by atoms with Crippen molar-refractivity contribution in [2.24, 2.45) is 0 Å². The van der Waals surface area contributed by atoms with Crippen molar-refractivity contribution in [3.05, 3.63) is 93.8 Å². The number of thiophene rings is 1. The number of amides is 1. The third-order valence-electron chi connectivity index (χ3n) is 6.51. The van der Waals surface area contributed by atoms with E-state index in [0.717, 1.165) is 45.3 Å². The minimum atomic E-state index is -3.78. The van der Waals surface area contributed by atoms with Crippen LogP contribution in [0.25, 0.3) is 20.8 Å². The van der Waals surface area contributed by atoms with Gasteiger partial charge in [0.2, 0.25) is 0 Å². The van der Waals surface area contributed by atoms with Gasteiger partial charge in [0.1, 0.15) is 10.0 Å². The van der Waals surface area contributed by atoms with Gasteiger partial charge in [0, 0.05) is 39.8 Å². The maximum absolute atomic E-state index is 13.3. The molecule has 0 bridgehead atoms. The predicted octanol–water partition coefficient (Wildman–Crippen LogP) is 7.14. The van der Waals surface area contributed by atoms with Crippen molar-refractivity contribution < 1.29 is 13.2 Å². The van der Waals surface area contributed by atoms with Crippen molar-refractivity contribution in [3.8, 4) is 10.6 Å². The minimum absolute atomic E-state index is 0.